The summed E-state index contributed by atoms with van der Waals surface area (Å²) < 4.78 is 15.7. The second-order valence-electron chi connectivity index (χ2n) is 4.74. The number of rotatable bonds is 2. The molecular formula is C13H16FN3. The number of nitrogens with zero attached hydrogens (tertiary/aromatic N) is 2. The van der Waals surface area contributed by atoms with E-state index in [0.29, 0.717) is 11.4 Å². The van der Waals surface area contributed by atoms with E-state index >= 15 is 0 Å². The highest BCUT2D eigenvalue weighted by Crippen LogP contribution is 2.21. The van der Waals surface area contributed by atoms with Crippen molar-refractivity contribution in [2.45, 2.75) is 19.9 Å². The molecule has 0 spiro atoms. The number of para-hydroxylation sites is 1. The molecule has 1 aliphatic heterocycles. The van der Waals surface area contributed by atoms with Crippen LogP contribution in [0.1, 0.15) is 12.2 Å². The van der Waals surface area contributed by atoms with E-state index in [4.69, 9.17) is 0 Å². The molecule has 1 N–H and O–H groups in total. The summed E-state index contributed by atoms with van der Waals surface area (Å²) in [5.41, 5.74) is 1.41. The zero-order valence-electron chi connectivity index (χ0n) is 9.91. The minimum absolute atomic E-state index is 0.228. The molecule has 0 aliphatic carbocycles. The molecule has 0 amide bonds. The summed E-state index contributed by atoms with van der Waals surface area (Å²) in [6.45, 7) is 5.01. The molecule has 1 aliphatic rings. The summed E-state index contributed by atoms with van der Waals surface area (Å²) in [6.07, 6.45) is 1.19. The van der Waals surface area contributed by atoms with E-state index in [1.165, 1.54) is 12.5 Å². The molecule has 1 unspecified atom stereocenters. The minimum Gasteiger partial charge on any atom is -0.328 e. The number of hydrogen-bond donors (Lipinski definition) is 1. The lowest BCUT2D eigenvalue weighted by atomic mass is 10.1. The van der Waals surface area contributed by atoms with Crippen LogP contribution in [0.4, 0.5) is 4.39 Å². The first-order valence-electron chi connectivity index (χ1n) is 6.08. The van der Waals surface area contributed by atoms with Crippen molar-refractivity contribution in [3.8, 4) is 0 Å². The number of nitrogens with one attached hydrogen (secondary N) is 1. The smallest absolute Gasteiger partial charge is 0.151 e. The molecular weight excluding hydrogens is 217 g/mol. The molecule has 1 aromatic heterocycles. The maximum atomic E-state index is 13.6. The Hall–Kier alpha value is -1.42. The van der Waals surface area contributed by atoms with Crippen molar-refractivity contribution in [2.24, 2.45) is 5.92 Å². The van der Waals surface area contributed by atoms with Gasteiger partial charge >= 0.3 is 0 Å². The Labute approximate surface area is 99.7 Å². The summed E-state index contributed by atoms with van der Waals surface area (Å²) in [7, 11) is 0. The highest BCUT2D eigenvalue weighted by atomic mass is 19.1. The van der Waals surface area contributed by atoms with Gasteiger partial charge in [-0.25, -0.2) is 9.37 Å². The number of aromatic nitrogens is 2. The SMILES string of the molecule is Cc1nc2c(F)cccc2n1CC1CCNC1. The Kier molecular flexibility index (Phi) is 2.59. The maximum Gasteiger partial charge on any atom is 0.151 e. The van der Waals surface area contributed by atoms with Gasteiger partial charge in [0.2, 0.25) is 0 Å². The molecule has 2 aromatic rings. The minimum atomic E-state index is -0.228. The molecule has 1 aromatic carbocycles. The van der Waals surface area contributed by atoms with E-state index in [-0.39, 0.29) is 5.82 Å². The third-order valence-corrected chi connectivity index (χ3v) is 3.52. The molecule has 2 heterocycles. The van der Waals surface area contributed by atoms with Crippen LogP contribution in [0.3, 0.4) is 0 Å². The van der Waals surface area contributed by atoms with Crippen LogP contribution >= 0.6 is 0 Å². The molecule has 3 rings (SSSR count). The lowest BCUT2D eigenvalue weighted by Gasteiger charge is -2.12. The van der Waals surface area contributed by atoms with Gasteiger partial charge in [-0.2, -0.15) is 0 Å². The van der Waals surface area contributed by atoms with Gasteiger partial charge in [-0.05, 0) is 44.5 Å². The average molecular weight is 233 g/mol. The highest BCUT2D eigenvalue weighted by Gasteiger charge is 2.18. The number of benzene rings is 1. The fraction of sp³-hybridized carbons (Fsp3) is 0.462. The van der Waals surface area contributed by atoms with Crippen LogP contribution in [0.25, 0.3) is 11.0 Å². The zero-order chi connectivity index (χ0) is 11.8. The van der Waals surface area contributed by atoms with Crippen molar-refractivity contribution in [2.75, 3.05) is 13.1 Å². The van der Waals surface area contributed by atoms with Crippen molar-refractivity contribution in [3.05, 3.63) is 29.8 Å². The van der Waals surface area contributed by atoms with Crippen molar-refractivity contribution in [1.82, 2.24) is 14.9 Å². The fourth-order valence-electron chi connectivity index (χ4n) is 2.59. The standard InChI is InChI=1S/C13H16FN3/c1-9-16-13-11(14)3-2-4-12(13)17(9)8-10-5-6-15-7-10/h2-4,10,15H,5-8H2,1H3. The van der Waals surface area contributed by atoms with E-state index < -0.39 is 0 Å². The lowest BCUT2D eigenvalue weighted by Crippen LogP contribution is -2.15. The second kappa shape index (κ2) is 4.11. The Morgan fingerprint density at radius 2 is 2.41 bits per heavy atom. The molecule has 3 nitrogen and oxygen atoms in total. The Morgan fingerprint density at radius 1 is 1.53 bits per heavy atom. The topological polar surface area (TPSA) is 29.9 Å². The van der Waals surface area contributed by atoms with Crippen molar-refractivity contribution in [1.29, 1.82) is 0 Å². The highest BCUT2D eigenvalue weighted by molar-refractivity contribution is 5.76. The van der Waals surface area contributed by atoms with Crippen LogP contribution < -0.4 is 5.32 Å². The van der Waals surface area contributed by atoms with Gasteiger partial charge in [0.15, 0.2) is 5.82 Å². The molecule has 1 saturated heterocycles. The normalized spacial score (nSPS) is 20.2. The Balaban J connectivity index is 2.02. The zero-order valence-corrected chi connectivity index (χ0v) is 9.91. The molecule has 4 heteroatoms. The van der Waals surface area contributed by atoms with E-state index in [1.807, 2.05) is 13.0 Å². The van der Waals surface area contributed by atoms with Crippen LogP contribution in [0.5, 0.6) is 0 Å². The summed E-state index contributed by atoms with van der Waals surface area (Å²) in [5.74, 6) is 1.31. The second-order valence-corrected chi connectivity index (χ2v) is 4.74. The molecule has 90 valence electrons. The van der Waals surface area contributed by atoms with Crippen molar-refractivity contribution < 1.29 is 4.39 Å². The molecule has 0 saturated carbocycles. The van der Waals surface area contributed by atoms with E-state index in [9.17, 15) is 4.39 Å². The third kappa shape index (κ3) is 1.82. The van der Waals surface area contributed by atoms with Crippen LogP contribution in [0.2, 0.25) is 0 Å². The Bertz CT molecular complexity index is 541. The summed E-state index contributed by atoms with van der Waals surface area (Å²) in [4.78, 5) is 4.32. The largest absolute Gasteiger partial charge is 0.328 e. The summed E-state index contributed by atoms with van der Waals surface area (Å²) in [6, 6.07) is 5.17. The van der Waals surface area contributed by atoms with Gasteiger partial charge in [0.1, 0.15) is 11.3 Å². The van der Waals surface area contributed by atoms with Gasteiger partial charge in [-0.15, -0.1) is 0 Å². The van der Waals surface area contributed by atoms with Crippen LogP contribution in [0, 0.1) is 18.7 Å². The summed E-state index contributed by atoms with van der Waals surface area (Å²) in [5, 5.41) is 3.36. The van der Waals surface area contributed by atoms with E-state index in [2.05, 4.69) is 14.9 Å². The number of aryl methyl sites for hydroxylation is 1. The van der Waals surface area contributed by atoms with Gasteiger partial charge in [0, 0.05) is 6.54 Å². The van der Waals surface area contributed by atoms with E-state index in [0.717, 1.165) is 31.0 Å². The molecule has 0 bridgehead atoms. The van der Waals surface area contributed by atoms with Crippen molar-refractivity contribution >= 4 is 11.0 Å². The summed E-state index contributed by atoms with van der Waals surface area (Å²) >= 11 is 0. The number of fused-ring (bicyclic) bond motifs is 1. The lowest BCUT2D eigenvalue weighted by molar-refractivity contribution is 0.482. The van der Waals surface area contributed by atoms with Gasteiger partial charge in [0.25, 0.3) is 0 Å². The number of imidazole rings is 1. The Morgan fingerprint density at radius 3 is 3.18 bits per heavy atom. The van der Waals surface area contributed by atoms with Crippen molar-refractivity contribution in [3.63, 3.8) is 0 Å². The first-order chi connectivity index (χ1) is 8.25. The van der Waals surface area contributed by atoms with E-state index in [1.54, 1.807) is 6.07 Å². The predicted octanol–water partition coefficient (Wildman–Crippen LogP) is 2.09. The first kappa shape index (κ1) is 10.7. The molecule has 0 radical (unpaired) electrons. The quantitative estimate of drug-likeness (QED) is 0.860. The van der Waals surface area contributed by atoms with Crippen LogP contribution in [0.15, 0.2) is 18.2 Å². The van der Waals surface area contributed by atoms with Gasteiger partial charge < -0.3 is 9.88 Å². The monoisotopic (exact) mass is 233 g/mol. The number of hydrogen-bond acceptors (Lipinski definition) is 2. The fourth-order valence-corrected chi connectivity index (χ4v) is 2.59. The van der Waals surface area contributed by atoms with Gasteiger partial charge in [0.05, 0.1) is 5.52 Å². The number of halogens is 1. The first-order valence-corrected chi connectivity index (χ1v) is 6.08. The van der Waals surface area contributed by atoms with Gasteiger partial charge in [-0.1, -0.05) is 6.07 Å². The molecule has 1 atom stereocenters. The van der Waals surface area contributed by atoms with Gasteiger partial charge in [-0.3, -0.25) is 0 Å². The molecule has 17 heavy (non-hydrogen) atoms. The average Bonchev–Trinajstić information content (AvgIpc) is 2.91. The van der Waals surface area contributed by atoms with Crippen LogP contribution in [-0.2, 0) is 6.54 Å². The molecule has 1 fully saturated rings. The maximum absolute atomic E-state index is 13.6. The predicted molar refractivity (Wildman–Crippen MR) is 65.4 cm³/mol. The third-order valence-electron chi connectivity index (χ3n) is 3.52. The van der Waals surface area contributed by atoms with Crippen LogP contribution in [-0.4, -0.2) is 22.6 Å².